The van der Waals surface area contributed by atoms with Gasteiger partial charge in [0, 0.05) is 18.2 Å². The minimum absolute atomic E-state index is 0.135. The second-order valence-electron chi connectivity index (χ2n) is 5.97. The van der Waals surface area contributed by atoms with E-state index in [0.717, 1.165) is 11.1 Å². The average molecular weight is 370 g/mol. The van der Waals surface area contributed by atoms with Crippen molar-refractivity contribution in [1.29, 1.82) is 0 Å². The number of hydrogen-bond donors (Lipinski definition) is 1. The van der Waals surface area contributed by atoms with Crippen molar-refractivity contribution in [3.05, 3.63) is 59.4 Å². The van der Waals surface area contributed by atoms with Gasteiger partial charge in [0.25, 0.3) is 0 Å². The van der Waals surface area contributed by atoms with Gasteiger partial charge in [-0.3, -0.25) is 0 Å². The number of nitrogens with zero attached hydrogens (tertiary/aromatic N) is 1. The molecule has 1 atom stereocenters. The molecule has 0 radical (unpaired) electrons. The molecule has 0 heterocycles. The van der Waals surface area contributed by atoms with Crippen molar-refractivity contribution in [2.45, 2.75) is 19.5 Å². The maximum atomic E-state index is 13.1. The molecule has 0 aliphatic heterocycles. The normalized spacial score (nSPS) is 11.2. The number of carbonyl (C=O) groups excluding carboxylic acids is 1. The number of benzene rings is 2. The van der Waals surface area contributed by atoms with E-state index in [1.165, 1.54) is 17.0 Å². The summed E-state index contributed by atoms with van der Waals surface area (Å²) in [6.45, 7) is 2.27. The fraction of sp³-hybridized carbons (Fsp3) is 0.286. The van der Waals surface area contributed by atoms with Crippen molar-refractivity contribution in [2.75, 3.05) is 20.8 Å². The first-order valence-corrected chi connectivity index (χ1v) is 8.43. The Labute approximate surface area is 159 Å². The highest BCUT2D eigenvalue weighted by Crippen LogP contribution is 2.29. The average Bonchev–Trinajstić information content (AvgIpc) is 2.68. The minimum atomic E-state index is -0.327. The van der Waals surface area contributed by atoms with Crippen LogP contribution in [0.3, 0.4) is 0 Å². The van der Waals surface area contributed by atoms with Gasteiger partial charge in [0.1, 0.15) is 17.3 Å². The van der Waals surface area contributed by atoms with Crippen molar-refractivity contribution in [1.82, 2.24) is 10.2 Å². The molecule has 2 aromatic carbocycles. The summed E-state index contributed by atoms with van der Waals surface area (Å²) < 4.78 is 23.7. The topological polar surface area (TPSA) is 50.8 Å². The van der Waals surface area contributed by atoms with Gasteiger partial charge in [0.2, 0.25) is 0 Å². The Hall–Kier alpha value is -3.20. The zero-order valence-electron chi connectivity index (χ0n) is 15.7. The Balaban J connectivity index is 2.12. The van der Waals surface area contributed by atoms with E-state index in [1.807, 2.05) is 13.0 Å². The Kier molecular flexibility index (Phi) is 7.07. The van der Waals surface area contributed by atoms with Crippen molar-refractivity contribution < 1.29 is 18.7 Å². The highest BCUT2D eigenvalue weighted by atomic mass is 19.1. The molecule has 2 aromatic rings. The van der Waals surface area contributed by atoms with Crippen LogP contribution in [0.5, 0.6) is 11.5 Å². The number of rotatable bonds is 7. The third kappa shape index (κ3) is 5.38. The Morgan fingerprint density at radius 3 is 2.52 bits per heavy atom. The molecule has 0 aliphatic carbocycles. The lowest BCUT2D eigenvalue weighted by molar-refractivity contribution is 0.198. The first-order valence-electron chi connectivity index (χ1n) is 8.43. The molecular formula is C21H23FN2O3. The van der Waals surface area contributed by atoms with Crippen LogP contribution >= 0.6 is 0 Å². The molecule has 0 aromatic heterocycles. The molecule has 1 N–H and O–H groups in total. The number of carbonyl (C=O) groups is 1. The van der Waals surface area contributed by atoms with Crippen molar-refractivity contribution >= 4 is 6.03 Å². The van der Waals surface area contributed by atoms with Crippen LogP contribution in [-0.2, 0) is 6.54 Å². The van der Waals surface area contributed by atoms with Crippen LogP contribution in [0, 0.1) is 18.2 Å². The van der Waals surface area contributed by atoms with Crippen LogP contribution in [0.15, 0.2) is 42.5 Å². The van der Waals surface area contributed by atoms with Crippen LogP contribution in [0.2, 0.25) is 0 Å². The van der Waals surface area contributed by atoms with Gasteiger partial charge in [-0.05, 0) is 36.8 Å². The Bertz CT molecular complexity index is 815. The summed E-state index contributed by atoms with van der Waals surface area (Å²) in [6.07, 6.45) is 5.40. The Morgan fingerprint density at radius 1 is 1.22 bits per heavy atom. The molecule has 6 heteroatoms. The minimum Gasteiger partial charge on any atom is -0.497 e. The molecule has 5 nitrogen and oxygen atoms in total. The molecule has 27 heavy (non-hydrogen) atoms. The van der Waals surface area contributed by atoms with E-state index in [9.17, 15) is 9.18 Å². The molecule has 0 spiro atoms. The number of halogens is 1. The van der Waals surface area contributed by atoms with E-state index in [1.54, 1.807) is 38.5 Å². The summed E-state index contributed by atoms with van der Waals surface area (Å²) >= 11 is 0. The SMILES string of the molecule is C#CCN(Cc1ccc(F)cc1)C(=O)NC(C)c1ccc(OC)cc1OC. The van der Waals surface area contributed by atoms with Gasteiger partial charge in [-0.15, -0.1) is 6.42 Å². The van der Waals surface area contributed by atoms with Crippen molar-refractivity contribution in [3.8, 4) is 23.8 Å². The quantitative estimate of drug-likeness (QED) is 0.755. The molecule has 2 amide bonds. The van der Waals surface area contributed by atoms with Gasteiger partial charge in [0.15, 0.2) is 0 Å². The van der Waals surface area contributed by atoms with E-state index in [0.29, 0.717) is 11.5 Å². The summed E-state index contributed by atoms with van der Waals surface area (Å²) in [4.78, 5) is 14.2. The van der Waals surface area contributed by atoms with E-state index in [4.69, 9.17) is 15.9 Å². The van der Waals surface area contributed by atoms with E-state index in [2.05, 4.69) is 11.2 Å². The predicted molar refractivity (Wildman–Crippen MR) is 102 cm³/mol. The highest BCUT2D eigenvalue weighted by molar-refractivity contribution is 5.75. The number of amides is 2. The molecule has 0 fully saturated rings. The van der Waals surface area contributed by atoms with Crippen LogP contribution in [0.4, 0.5) is 9.18 Å². The summed E-state index contributed by atoms with van der Waals surface area (Å²) in [7, 11) is 3.14. The van der Waals surface area contributed by atoms with E-state index < -0.39 is 0 Å². The first-order chi connectivity index (χ1) is 13.0. The number of methoxy groups -OCH3 is 2. The number of nitrogens with one attached hydrogen (secondary N) is 1. The highest BCUT2D eigenvalue weighted by Gasteiger charge is 2.19. The second-order valence-corrected chi connectivity index (χ2v) is 5.97. The largest absolute Gasteiger partial charge is 0.497 e. The zero-order chi connectivity index (χ0) is 19.8. The van der Waals surface area contributed by atoms with Gasteiger partial charge < -0.3 is 19.7 Å². The smallest absolute Gasteiger partial charge is 0.318 e. The van der Waals surface area contributed by atoms with Gasteiger partial charge in [-0.25, -0.2) is 9.18 Å². The maximum absolute atomic E-state index is 13.1. The van der Waals surface area contributed by atoms with Gasteiger partial charge >= 0.3 is 6.03 Å². The predicted octanol–water partition coefficient (Wildman–Crippen LogP) is 3.75. The van der Waals surface area contributed by atoms with E-state index in [-0.39, 0.29) is 31.0 Å². The fourth-order valence-corrected chi connectivity index (χ4v) is 2.65. The standard InChI is InChI=1S/C21H23FN2O3/c1-5-12-24(14-16-6-8-17(22)9-7-16)21(25)23-15(2)19-11-10-18(26-3)13-20(19)27-4/h1,6-11,13,15H,12,14H2,2-4H3,(H,23,25). The lowest BCUT2D eigenvalue weighted by atomic mass is 10.1. The Morgan fingerprint density at radius 2 is 1.93 bits per heavy atom. The fourth-order valence-electron chi connectivity index (χ4n) is 2.65. The second kappa shape index (κ2) is 9.48. The van der Waals surface area contributed by atoms with Gasteiger partial charge in [0.05, 0.1) is 26.8 Å². The number of ether oxygens (including phenoxy) is 2. The molecule has 0 saturated carbocycles. The zero-order valence-corrected chi connectivity index (χ0v) is 15.7. The van der Waals surface area contributed by atoms with Gasteiger partial charge in [-0.1, -0.05) is 18.1 Å². The first kappa shape index (κ1) is 20.1. The van der Waals surface area contributed by atoms with Crippen LogP contribution < -0.4 is 14.8 Å². The number of hydrogen-bond acceptors (Lipinski definition) is 3. The van der Waals surface area contributed by atoms with Crippen LogP contribution in [0.1, 0.15) is 24.1 Å². The number of urea groups is 1. The maximum Gasteiger partial charge on any atom is 0.318 e. The summed E-state index contributed by atoms with van der Waals surface area (Å²) in [6, 6.07) is 10.7. The molecule has 0 bridgehead atoms. The molecule has 142 valence electrons. The van der Waals surface area contributed by atoms with E-state index >= 15 is 0 Å². The summed E-state index contributed by atoms with van der Waals surface area (Å²) in [5, 5.41) is 2.92. The molecule has 0 aliphatic rings. The number of terminal acetylenes is 1. The lowest BCUT2D eigenvalue weighted by Gasteiger charge is -2.24. The van der Waals surface area contributed by atoms with Crippen LogP contribution in [-0.4, -0.2) is 31.7 Å². The third-order valence-corrected chi connectivity index (χ3v) is 4.10. The molecular weight excluding hydrogens is 347 g/mol. The van der Waals surface area contributed by atoms with Gasteiger partial charge in [-0.2, -0.15) is 0 Å². The molecule has 2 rings (SSSR count). The van der Waals surface area contributed by atoms with Crippen molar-refractivity contribution in [2.24, 2.45) is 0 Å². The monoisotopic (exact) mass is 370 g/mol. The molecule has 0 saturated heterocycles. The summed E-state index contributed by atoms with van der Waals surface area (Å²) in [5.41, 5.74) is 1.60. The lowest BCUT2D eigenvalue weighted by Crippen LogP contribution is -2.40. The summed E-state index contributed by atoms with van der Waals surface area (Å²) in [5.74, 6) is 3.43. The van der Waals surface area contributed by atoms with Crippen LogP contribution in [0.25, 0.3) is 0 Å². The molecule has 1 unspecified atom stereocenters. The van der Waals surface area contributed by atoms with Crippen molar-refractivity contribution in [3.63, 3.8) is 0 Å². The third-order valence-electron chi connectivity index (χ3n) is 4.10.